The van der Waals surface area contributed by atoms with Crippen LogP contribution in [-0.4, -0.2) is 30.3 Å². The van der Waals surface area contributed by atoms with E-state index in [-0.39, 0.29) is 5.92 Å². The maximum atomic E-state index is 11.9. The third-order valence-electron chi connectivity index (χ3n) is 2.63. The minimum absolute atomic E-state index is 0.220. The zero-order valence-corrected chi connectivity index (χ0v) is 13.0. The van der Waals surface area contributed by atoms with Gasteiger partial charge >= 0.3 is 12.0 Å². The third kappa shape index (κ3) is 4.41. The Balaban J connectivity index is 2.80. The van der Waals surface area contributed by atoms with Gasteiger partial charge in [-0.05, 0) is 24.1 Å². The average molecular weight is 345 g/mol. The van der Waals surface area contributed by atoms with Gasteiger partial charge in [-0.15, -0.1) is 0 Å². The number of halogens is 1. The number of urea groups is 1. The van der Waals surface area contributed by atoms with E-state index in [1.807, 2.05) is 0 Å². The first kappa shape index (κ1) is 16.3. The fourth-order valence-electron chi connectivity index (χ4n) is 1.59. The van der Waals surface area contributed by atoms with Gasteiger partial charge in [0.2, 0.25) is 0 Å². The Hall–Kier alpha value is -1.76. The highest BCUT2D eigenvalue weighted by Crippen LogP contribution is 2.27. The van der Waals surface area contributed by atoms with Crippen molar-refractivity contribution in [2.45, 2.75) is 19.9 Å². The van der Waals surface area contributed by atoms with Crippen molar-refractivity contribution in [2.75, 3.05) is 12.4 Å². The molecule has 0 unspecified atom stereocenters. The topological polar surface area (TPSA) is 87.7 Å². The highest BCUT2D eigenvalue weighted by atomic mass is 79.9. The molecule has 0 radical (unpaired) electrons. The van der Waals surface area contributed by atoms with E-state index in [2.05, 4.69) is 26.6 Å². The summed E-state index contributed by atoms with van der Waals surface area (Å²) in [4.78, 5) is 22.9. The van der Waals surface area contributed by atoms with Gasteiger partial charge in [-0.25, -0.2) is 9.59 Å². The molecule has 0 aromatic heterocycles. The van der Waals surface area contributed by atoms with Gasteiger partial charge in [-0.3, -0.25) is 0 Å². The molecule has 1 aromatic carbocycles. The molecule has 1 atom stereocenters. The Kier molecular flexibility index (Phi) is 5.82. The molecule has 0 aliphatic carbocycles. The number of nitrogens with one attached hydrogen (secondary N) is 2. The summed E-state index contributed by atoms with van der Waals surface area (Å²) in [6.07, 6.45) is 0. The fourth-order valence-corrected chi connectivity index (χ4v) is 1.95. The third-order valence-corrected chi connectivity index (χ3v) is 3.12. The summed E-state index contributed by atoms with van der Waals surface area (Å²) >= 11 is 3.29. The molecule has 0 bridgehead atoms. The monoisotopic (exact) mass is 344 g/mol. The molecule has 0 aliphatic rings. The number of carbonyl (C=O) groups excluding carboxylic acids is 1. The number of rotatable bonds is 5. The Morgan fingerprint density at radius 2 is 2.00 bits per heavy atom. The molecule has 0 saturated heterocycles. The molecule has 0 fully saturated rings. The molecule has 2 amide bonds. The zero-order valence-electron chi connectivity index (χ0n) is 11.4. The molecular formula is C13H17BrN2O4. The van der Waals surface area contributed by atoms with E-state index in [1.165, 1.54) is 7.11 Å². The summed E-state index contributed by atoms with van der Waals surface area (Å²) in [5, 5.41) is 14.0. The van der Waals surface area contributed by atoms with Gasteiger partial charge in [0.05, 0.1) is 12.8 Å². The standard InChI is InChI=1S/C13H17BrN2O4/c1-7(2)11(12(17)18)16-13(19)15-9-6-8(14)4-5-10(9)20-3/h4-7,11H,1-3H3,(H,17,18)(H2,15,16,19)/t11-/m0/s1. The number of benzene rings is 1. The van der Waals surface area contributed by atoms with Crippen LogP contribution in [0.15, 0.2) is 22.7 Å². The van der Waals surface area contributed by atoms with Crippen LogP contribution in [0.2, 0.25) is 0 Å². The fraction of sp³-hybridized carbons (Fsp3) is 0.385. The largest absolute Gasteiger partial charge is 0.495 e. The number of hydrogen-bond donors (Lipinski definition) is 3. The first-order valence-corrected chi connectivity index (χ1v) is 6.78. The van der Waals surface area contributed by atoms with Crippen LogP contribution in [0.3, 0.4) is 0 Å². The van der Waals surface area contributed by atoms with E-state index < -0.39 is 18.0 Å². The van der Waals surface area contributed by atoms with E-state index in [4.69, 9.17) is 9.84 Å². The molecule has 0 spiro atoms. The number of carboxylic acids is 1. The van der Waals surface area contributed by atoms with Crippen molar-refractivity contribution < 1.29 is 19.4 Å². The highest BCUT2D eigenvalue weighted by molar-refractivity contribution is 9.10. The number of amides is 2. The highest BCUT2D eigenvalue weighted by Gasteiger charge is 2.23. The van der Waals surface area contributed by atoms with Crippen molar-refractivity contribution in [1.82, 2.24) is 5.32 Å². The first-order valence-electron chi connectivity index (χ1n) is 5.99. The quantitative estimate of drug-likeness (QED) is 0.766. The normalized spacial score (nSPS) is 11.8. The van der Waals surface area contributed by atoms with Crippen LogP contribution in [0.1, 0.15) is 13.8 Å². The van der Waals surface area contributed by atoms with Crippen LogP contribution in [0.25, 0.3) is 0 Å². The minimum Gasteiger partial charge on any atom is -0.495 e. The van der Waals surface area contributed by atoms with Gasteiger partial charge in [-0.1, -0.05) is 29.8 Å². The van der Waals surface area contributed by atoms with Crippen LogP contribution in [-0.2, 0) is 4.79 Å². The summed E-state index contributed by atoms with van der Waals surface area (Å²) in [6, 6.07) is 3.59. The molecule has 0 aliphatic heterocycles. The van der Waals surface area contributed by atoms with Gasteiger partial charge in [-0.2, -0.15) is 0 Å². The number of hydrogen-bond acceptors (Lipinski definition) is 3. The maximum absolute atomic E-state index is 11.9. The van der Waals surface area contributed by atoms with Crippen LogP contribution in [0.5, 0.6) is 5.75 Å². The molecule has 1 aromatic rings. The Labute approximate surface area is 125 Å². The number of ether oxygens (including phenoxy) is 1. The van der Waals surface area contributed by atoms with Crippen LogP contribution >= 0.6 is 15.9 Å². The predicted molar refractivity (Wildman–Crippen MR) is 79.1 cm³/mol. The van der Waals surface area contributed by atoms with Crippen molar-refractivity contribution in [2.24, 2.45) is 5.92 Å². The summed E-state index contributed by atoms with van der Waals surface area (Å²) in [7, 11) is 1.49. The second-order valence-corrected chi connectivity index (χ2v) is 5.42. The molecule has 3 N–H and O–H groups in total. The molecule has 110 valence electrons. The van der Waals surface area contributed by atoms with Crippen molar-refractivity contribution >= 4 is 33.6 Å². The van der Waals surface area contributed by atoms with Crippen LogP contribution in [0, 0.1) is 5.92 Å². The summed E-state index contributed by atoms with van der Waals surface area (Å²) < 4.78 is 5.89. The SMILES string of the molecule is COc1ccc(Br)cc1NC(=O)N[C@H](C(=O)O)C(C)C. The lowest BCUT2D eigenvalue weighted by atomic mass is 10.1. The van der Waals surface area contributed by atoms with E-state index in [1.54, 1.807) is 32.0 Å². The Morgan fingerprint density at radius 1 is 1.35 bits per heavy atom. The number of methoxy groups -OCH3 is 1. The van der Waals surface area contributed by atoms with Crippen molar-refractivity contribution in [1.29, 1.82) is 0 Å². The molecule has 20 heavy (non-hydrogen) atoms. The number of carboxylic acid groups (broad SMARTS) is 1. The lowest BCUT2D eigenvalue weighted by Crippen LogP contribution is -2.46. The van der Waals surface area contributed by atoms with E-state index in [9.17, 15) is 9.59 Å². The Morgan fingerprint density at radius 3 is 2.50 bits per heavy atom. The van der Waals surface area contributed by atoms with E-state index in [0.717, 1.165) is 4.47 Å². The summed E-state index contributed by atoms with van der Waals surface area (Å²) in [5.41, 5.74) is 0.451. The van der Waals surface area contributed by atoms with Crippen molar-refractivity contribution in [3.8, 4) is 5.75 Å². The van der Waals surface area contributed by atoms with E-state index >= 15 is 0 Å². The van der Waals surface area contributed by atoms with Crippen molar-refractivity contribution in [3.05, 3.63) is 22.7 Å². The zero-order chi connectivity index (χ0) is 15.3. The van der Waals surface area contributed by atoms with Gasteiger partial charge in [0, 0.05) is 4.47 Å². The smallest absolute Gasteiger partial charge is 0.326 e. The lowest BCUT2D eigenvalue weighted by Gasteiger charge is -2.19. The van der Waals surface area contributed by atoms with Gasteiger partial charge in [0.1, 0.15) is 11.8 Å². The van der Waals surface area contributed by atoms with Gasteiger partial charge in [0.15, 0.2) is 0 Å². The number of carbonyl (C=O) groups is 2. The van der Waals surface area contributed by atoms with Crippen LogP contribution < -0.4 is 15.4 Å². The first-order chi connectivity index (χ1) is 9.35. The average Bonchev–Trinajstić information content (AvgIpc) is 2.35. The van der Waals surface area contributed by atoms with Gasteiger partial charge < -0.3 is 20.5 Å². The second kappa shape index (κ2) is 7.14. The Bertz CT molecular complexity index is 505. The molecule has 7 heteroatoms. The second-order valence-electron chi connectivity index (χ2n) is 4.50. The molecule has 0 heterocycles. The molecule has 0 saturated carbocycles. The van der Waals surface area contributed by atoms with Crippen LogP contribution in [0.4, 0.5) is 10.5 Å². The number of aliphatic carboxylic acids is 1. The maximum Gasteiger partial charge on any atom is 0.326 e. The minimum atomic E-state index is -1.07. The molecule has 6 nitrogen and oxygen atoms in total. The van der Waals surface area contributed by atoms with Gasteiger partial charge in [0.25, 0.3) is 0 Å². The molecule has 1 rings (SSSR count). The number of anilines is 1. The van der Waals surface area contributed by atoms with Crippen molar-refractivity contribution in [3.63, 3.8) is 0 Å². The van der Waals surface area contributed by atoms with E-state index in [0.29, 0.717) is 11.4 Å². The predicted octanol–water partition coefficient (Wildman–Crippen LogP) is 2.69. The summed E-state index contributed by atoms with van der Waals surface area (Å²) in [6.45, 7) is 3.44. The lowest BCUT2D eigenvalue weighted by molar-refractivity contribution is -0.140. The molecular weight excluding hydrogens is 328 g/mol. The summed E-state index contributed by atoms with van der Waals surface area (Å²) in [5.74, 6) is -0.807.